The predicted octanol–water partition coefficient (Wildman–Crippen LogP) is 8.11. The molecular weight excluding hydrogens is 801 g/mol. The number of aromatic hydroxyl groups is 1. The number of aryl methyl sites for hydroxylation is 1. The number of nitrogen functional groups attached to an aromatic ring is 1. The highest BCUT2D eigenvalue weighted by Gasteiger charge is 2.42. The van der Waals surface area contributed by atoms with Gasteiger partial charge in [0.15, 0.2) is 5.82 Å². The number of urea groups is 1. The predicted molar refractivity (Wildman–Crippen MR) is 254 cm³/mol. The van der Waals surface area contributed by atoms with Crippen LogP contribution in [0, 0.1) is 18.3 Å². The second-order valence-corrected chi connectivity index (χ2v) is 19.9. The highest BCUT2D eigenvalue weighted by molar-refractivity contribution is 6.06. The van der Waals surface area contributed by atoms with E-state index in [4.69, 9.17) is 5.73 Å². The van der Waals surface area contributed by atoms with Crippen molar-refractivity contribution in [3.63, 3.8) is 0 Å². The van der Waals surface area contributed by atoms with Crippen molar-refractivity contribution in [3.05, 3.63) is 84.6 Å². The first-order valence-electron chi connectivity index (χ1n) is 23.9. The number of carbonyl (C=O) groups is 2. The van der Waals surface area contributed by atoms with Gasteiger partial charge in [-0.15, -0.1) is 10.2 Å². The molecule has 2 atom stereocenters. The quantitative estimate of drug-likeness (QED) is 0.140. The molecule has 2 bridgehead atoms. The van der Waals surface area contributed by atoms with Crippen LogP contribution in [0.25, 0.3) is 22.2 Å². The Balaban J connectivity index is 0.658. The van der Waals surface area contributed by atoms with E-state index in [1.807, 2.05) is 30.3 Å². The number of para-hydroxylation sites is 1. The number of piperidine rings is 2. The van der Waals surface area contributed by atoms with Gasteiger partial charge in [-0.25, -0.2) is 4.79 Å². The van der Waals surface area contributed by atoms with Gasteiger partial charge in [0, 0.05) is 104 Å². The summed E-state index contributed by atoms with van der Waals surface area (Å²) in [5.74, 6) is 1.18. The van der Waals surface area contributed by atoms with Gasteiger partial charge in [0.2, 0.25) is 5.91 Å². The van der Waals surface area contributed by atoms with Gasteiger partial charge in [-0.3, -0.25) is 15.0 Å². The summed E-state index contributed by atoms with van der Waals surface area (Å²) in [6.45, 7) is 10.3. The first-order valence-corrected chi connectivity index (χ1v) is 23.9. The molecule has 2 unspecified atom stereocenters. The van der Waals surface area contributed by atoms with Gasteiger partial charge in [-0.05, 0) is 156 Å². The number of aromatic nitrogens is 3. The van der Waals surface area contributed by atoms with Crippen LogP contribution in [0.1, 0.15) is 82.2 Å². The summed E-state index contributed by atoms with van der Waals surface area (Å²) in [4.78, 5) is 36.4. The van der Waals surface area contributed by atoms with Crippen molar-refractivity contribution in [1.82, 2.24) is 25.0 Å². The molecule has 7 heterocycles. The number of hydrogen-bond acceptors (Lipinski definition) is 10. The standard InChI is InChI=1S/C51H62N10O3/c1-34-30-60(45-12-11-38(28-43(34)45)59-24-17-48(63)53-50(59)64)36-13-18-51(19-14-36)20-25-56(26-21-51)31-35-15-22-57(23-16-35)37-5-4-6-39(27-37)61-40-9-10-41(61)33-58(32-40)46-29-44(54-55-49(46)52)42-7-2-3-8-47(42)62/h2-8,11-12,27-30,35-36,40-41,62H,9-10,13-26,31-33H2,1H3,(H2,52,55)(H,53,63,64). The van der Waals surface area contributed by atoms with Crippen molar-refractivity contribution in [2.24, 2.45) is 11.3 Å². The van der Waals surface area contributed by atoms with Crippen molar-refractivity contribution >= 4 is 51.4 Å². The molecule has 334 valence electrons. The largest absolute Gasteiger partial charge is 0.507 e. The molecule has 6 fully saturated rings. The molecule has 11 rings (SSSR count). The molecule has 5 saturated heterocycles. The van der Waals surface area contributed by atoms with E-state index in [1.165, 1.54) is 98.8 Å². The Morgan fingerprint density at radius 1 is 0.750 bits per heavy atom. The number of nitrogens with two attached hydrogens (primary N) is 1. The van der Waals surface area contributed by atoms with Crippen LogP contribution >= 0.6 is 0 Å². The van der Waals surface area contributed by atoms with Gasteiger partial charge in [-0.2, -0.15) is 0 Å². The number of phenolic OH excluding ortho intramolecular Hbond substituents is 1. The van der Waals surface area contributed by atoms with Crippen LogP contribution in [0.2, 0.25) is 0 Å². The highest BCUT2D eigenvalue weighted by Crippen LogP contribution is 2.49. The van der Waals surface area contributed by atoms with E-state index in [1.54, 1.807) is 11.0 Å². The molecule has 5 aliphatic heterocycles. The molecule has 64 heavy (non-hydrogen) atoms. The summed E-state index contributed by atoms with van der Waals surface area (Å²) in [5, 5.41) is 22.8. The van der Waals surface area contributed by atoms with Gasteiger partial charge in [-0.1, -0.05) is 18.2 Å². The number of amides is 3. The number of fused-ring (bicyclic) bond motifs is 3. The molecule has 3 aromatic carbocycles. The molecule has 5 aromatic rings. The summed E-state index contributed by atoms with van der Waals surface area (Å²) in [7, 11) is 0. The van der Waals surface area contributed by atoms with Crippen molar-refractivity contribution in [3.8, 4) is 17.0 Å². The number of anilines is 5. The average Bonchev–Trinajstić information content (AvgIpc) is 3.78. The second kappa shape index (κ2) is 16.6. The smallest absolute Gasteiger partial charge is 0.328 e. The number of nitrogens with zero attached hydrogens (tertiary/aromatic N) is 8. The van der Waals surface area contributed by atoms with Crippen molar-refractivity contribution in [1.29, 1.82) is 0 Å². The van der Waals surface area contributed by atoms with Crippen LogP contribution in [-0.2, 0) is 4.79 Å². The maximum atomic E-state index is 12.5. The van der Waals surface area contributed by atoms with E-state index in [-0.39, 0.29) is 17.7 Å². The lowest BCUT2D eigenvalue weighted by molar-refractivity contribution is -0.120. The van der Waals surface area contributed by atoms with E-state index < -0.39 is 0 Å². The van der Waals surface area contributed by atoms with Crippen molar-refractivity contribution < 1.29 is 14.7 Å². The van der Waals surface area contributed by atoms with Crippen molar-refractivity contribution in [2.75, 3.05) is 77.7 Å². The number of piperazine rings is 1. The third kappa shape index (κ3) is 7.69. The van der Waals surface area contributed by atoms with Gasteiger partial charge in [0.25, 0.3) is 0 Å². The minimum Gasteiger partial charge on any atom is -0.507 e. The average molecular weight is 863 g/mol. The Bertz CT molecular complexity index is 2530. The molecule has 1 spiro atoms. The number of nitrogens with one attached hydrogen (secondary N) is 1. The Morgan fingerprint density at radius 2 is 1.50 bits per heavy atom. The number of carbonyl (C=O) groups excluding carboxylic acids is 2. The molecule has 1 saturated carbocycles. The monoisotopic (exact) mass is 863 g/mol. The van der Waals surface area contributed by atoms with Crippen LogP contribution in [0.4, 0.5) is 33.4 Å². The minimum atomic E-state index is -0.330. The van der Waals surface area contributed by atoms with Crippen LogP contribution in [-0.4, -0.2) is 101 Å². The normalized spacial score (nSPS) is 23.4. The third-order valence-electron chi connectivity index (χ3n) is 16.1. The molecule has 6 aliphatic rings. The van der Waals surface area contributed by atoms with Gasteiger partial charge in [0.05, 0.1) is 11.4 Å². The molecule has 2 aromatic heterocycles. The molecule has 13 nitrogen and oxygen atoms in total. The van der Waals surface area contributed by atoms with Gasteiger partial charge < -0.3 is 35.0 Å². The Morgan fingerprint density at radius 3 is 2.25 bits per heavy atom. The Labute approximate surface area is 376 Å². The molecule has 3 amide bonds. The first-order chi connectivity index (χ1) is 31.2. The number of rotatable bonds is 8. The molecule has 4 N–H and O–H groups in total. The fourth-order valence-corrected chi connectivity index (χ4v) is 12.5. The number of likely N-dealkylation sites (tertiary alicyclic amines) is 1. The topological polar surface area (TPSA) is 139 Å². The number of phenols is 1. The summed E-state index contributed by atoms with van der Waals surface area (Å²) in [5.41, 5.74) is 15.1. The number of imide groups is 1. The van der Waals surface area contributed by atoms with Crippen LogP contribution in [0.15, 0.2) is 79.0 Å². The van der Waals surface area contributed by atoms with Crippen LogP contribution in [0.3, 0.4) is 0 Å². The van der Waals surface area contributed by atoms with E-state index in [0.29, 0.717) is 53.6 Å². The van der Waals surface area contributed by atoms with E-state index in [2.05, 4.69) is 89.2 Å². The first kappa shape index (κ1) is 40.9. The minimum absolute atomic E-state index is 0.191. The van der Waals surface area contributed by atoms with Crippen LogP contribution in [0.5, 0.6) is 5.75 Å². The molecule has 1 aliphatic carbocycles. The summed E-state index contributed by atoms with van der Waals surface area (Å²) in [6.07, 6.45) is 15.2. The lowest BCUT2D eigenvalue weighted by Gasteiger charge is -2.47. The van der Waals surface area contributed by atoms with Crippen molar-refractivity contribution in [2.45, 2.75) is 95.7 Å². The SMILES string of the molecule is Cc1cn(C2CCC3(CC2)CCN(CC2CCN(c4cccc(N5C6CCC5CN(c5cc(-c7ccccc7O)nnc5N)C6)c4)CC2)CC3)c2ccc(N3CCC(=O)NC3=O)cc12. The van der Waals surface area contributed by atoms with E-state index in [0.717, 1.165) is 56.3 Å². The zero-order valence-corrected chi connectivity index (χ0v) is 37.2. The highest BCUT2D eigenvalue weighted by atomic mass is 16.3. The van der Waals surface area contributed by atoms with E-state index >= 15 is 0 Å². The summed E-state index contributed by atoms with van der Waals surface area (Å²) >= 11 is 0. The maximum absolute atomic E-state index is 12.5. The fraction of sp³-hybridized carbons (Fsp3) is 0.490. The molecule has 0 radical (unpaired) electrons. The third-order valence-corrected chi connectivity index (χ3v) is 16.1. The number of benzene rings is 3. The Hall–Kier alpha value is -5.82. The fourth-order valence-electron chi connectivity index (χ4n) is 12.5. The zero-order valence-electron chi connectivity index (χ0n) is 37.2. The maximum Gasteiger partial charge on any atom is 0.328 e. The van der Waals surface area contributed by atoms with Gasteiger partial charge >= 0.3 is 6.03 Å². The molecular formula is C51H62N10O3. The molecule has 13 heteroatoms. The number of hydrogen-bond donors (Lipinski definition) is 3. The summed E-state index contributed by atoms with van der Waals surface area (Å²) in [6, 6.07) is 25.9. The van der Waals surface area contributed by atoms with Crippen LogP contribution < -0.4 is 30.7 Å². The van der Waals surface area contributed by atoms with E-state index in [9.17, 15) is 14.7 Å². The summed E-state index contributed by atoms with van der Waals surface area (Å²) < 4.78 is 2.51. The second-order valence-electron chi connectivity index (χ2n) is 19.9. The Kier molecular flexibility index (Phi) is 10.6. The lowest BCUT2D eigenvalue weighted by atomic mass is 9.67. The van der Waals surface area contributed by atoms with Gasteiger partial charge in [0.1, 0.15) is 5.75 Å². The zero-order chi connectivity index (χ0) is 43.5. The lowest BCUT2D eigenvalue weighted by Crippen LogP contribution is -2.54.